The minimum atomic E-state index is -0.664. The van der Waals surface area contributed by atoms with E-state index in [0.29, 0.717) is 31.1 Å². The maximum Gasteiger partial charge on any atom is 0.261 e. The summed E-state index contributed by atoms with van der Waals surface area (Å²) in [6.45, 7) is 2.14. The minimum Gasteiger partial charge on any atom is -0.464 e. The van der Waals surface area contributed by atoms with Crippen molar-refractivity contribution in [3.63, 3.8) is 0 Å². The molecule has 2 amide bonds. The van der Waals surface area contributed by atoms with Gasteiger partial charge >= 0.3 is 0 Å². The van der Waals surface area contributed by atoms with Crippen molar-refractivity contribution in [3.05, 3.63) is 72.4 Å². The molecule has 7 heteroatoms. The predicted octanol–water partition coefficient (Wildman–Crippen LogP) is 3.10. The molecule has 1 atom stereocenters. The first-order valence-corrected chi connectivity index (χ1v) is 10.1. The molecule has 2 N–H and O–H groups in total. The summed E-state index contributed by atoms with van der Waals surface area (Å²) in [5.74, 6) is 1.54. The molecule has 1 unspecified atom stereocenters. The summed E-state index contributed by atoms with van der Waals surface area (Å²) in [6.07, 6.45) is 1.41. The summed E-state index contributed by atoms with van der Waals surface area (Å²) >= 11 is 0. The number of rotatable bonds is 7. The third-order valence-corrected chi connectivity index (χ3v) is 4.90. The second kappa shape index (κ2) is 9.30. The van der Waals surface area contributed by atoms with Crippen LogP contribution in [0.1, 0.15) is 12.5 Å². The van der Waals surface area contributed by atoms with Gasteiger partial charge in [-0.3, -0.25) is 9.59 Å². The lowest BCUT2D eigenvalue weighted by Crippen LogP contribution is -2.41. The van der Waals surface area contributed by atoms with Gasteiger partial charge in [0.25, 0.3) is 5.91 Å². The average Bonchev–Trinajstić information content (AvgIpc) is 3.22. The lowest BCUT2D eigenvalue weighted by atomic mass is 9.98. The quantitative estimate of drug-likeness (QED) is 0.577. The Morgan fingerprint density at radius 2 is 1.74 bits per heavy atom. The van der Waals surface area contributed by atoms with Gasteiger partial charge in [-0.25, -0.2) is 4.98 Å². The molecule has 2 aromatic carbocycles. The Balaban J connectivity index is 1.52. The fourth-order valence-corrected chi connectivity index (χ4v) is 3.46. The van der Waals surface area contributed by atoms with Crippen molar-refractivity contribution in [3.8, 4) is 28.5 Å². The Morgan fingerprint density at radius 3 is 2.55 bits per heavy atom. The molecule has 2 heterocycles. The van der Waals surface area contributed by atoms with E-state index < -0.39 is 6.10 Å². The van der Waals surface area contributed by atoms with Crippen LogP contribution in [0.25, 0.3) is 11.1 Å². The molecule has 0 aliphatic carbocycles. The summed E-state index contributed by atoms with van der Waals surface area (Å²) < 4.78 is 11.9. The number of benzene rings is 2. The van der Waals surface area contributed by atoms with Crippen LogP contribution in [0.3, 0.4) is 0 Å². The summed E-state index contributed by atoms with van der Waals surface area (Å²) in [4.78, 5) is 27.8. The number of carbonyl (C=O) groups is 2. The van der Waals surface area contributed by atoms with Crippen molar-refractivity contribution in [2.75, 3.05) is 13.1 Å². The smallest absolute Gasteiger partial charge is 0.261 e. The van der Waals surface area contributed by atoms with E-state index in [-0.39, 0.29) is 11.8 Å². The van der Waals surface area contributed by atoms with E-state index in [0.717, 1.165) is 22.4 Å². The third kappa shape index (κ3) is 4.83. The Labute approximate surface area is 180 Å². The highest BCUT2D eigenvalue weighted by atomic mass is 16.5. The van der Waals surface area contributed by atoms with Crippen LogP contribution in [-0.4, -0.2) is 36.0 Å². The number of hydrogen-bond donors (Lipinski definition) is 2. The number of ether oxygens (including phenoxy) is 2. The summed E-state index contributed by atoms with van der Waals surface area (Å²) in [7, 11) is 0. The van der Waals surface area contributed by atoms with Crippen LogP contribution >= 0.6 is 0 Å². The Kier molecular flexibility index (Phi) is 6.12. The number of nitrogens with zero attached hydrogens (tertiary/aromatic N) is 1. The van der Waals surface area contributed by atoms with Crippen LogP contribution in [0.15, 0.2) is 66.9 Å². The summed E-state index contributed by atoms with van der Waals surface area (Å²) in [6, 6.07) is 19.3. The first kappa shape index (κ1) is 20.4. The molecule has 0 fully saturated rings. The van der Waals surface area contributed by atoms with E-state index in [1.807, 2.05) is 60.7 Å². The first-order valence-electron chi connectivity index (χ1n) is 10.1. The van der Waals surface area contributed by atoms with Gasteiger partial charge in [-0.05, 0) is 29.8 Å². The molecule has 0 bridgehead atoms. The molecule has 1 aliphatic rings. The molecule has 4 rings (SSSR count). The molecule has 31 heavy (non-hydrogen) atoms. The highest BCUT2D eigenvalue weighted by Crippen LogP contribution is 2.40. The van der Waals surface area contributed by atoms with Gasteiger partial charge in [-0.2, -0.15) is 0 Å². The van der Waals surface area contributed by atoms with Gasteiger partial charge in [0.1, 0.15) is 11.5 Å². The fraction of sp³-hybridized carbons (Fsp3) is 0.208. The standard InChI is InChI=1S/C24H23N3O4/c1-16(28)25-13-14-26-23(29)22-15-20-18(11-12-27-24(20)31-22)19-9-5-6-10-21(19)30-17-7-3-2-4-8-17/h2-12,22H,13-15H2,1H3,(H,25,28)(H,26,29). The zero-order chi connectivity index (χ0) is 21.6. The van der Waals surface area contributed by atoms with Crippen molar-refractivity contribution in [2.45, 2.75) is 19.4 Å². The monoisotopic (exact) mass is 417 g/mol. The van der Waals surface area contributed by atoms with Gasteiger partial charge < -0.3 is 20.1 Å². The number of aromatic nitrogens is 1. The summed E-state index contributed by atoms with van der Waals surface area (Å²) in [5, 5.41) is 5.43. The lowest BCUT2D eigenvalue weighted by molar-refractivity contribution is -0.127. The van der Waals surface area contributed by atoms with Crippen LogP contribution in [-0.2, 0) is 16.0 Å². The number of pyridine rings is 1. The summed E-state index contributed by atoms with van der Waals surface area (Å²) in [5.41, 5.74) is 2.69. The molecular weight excluding hydrogens is 394 g/mol. The van der Waals surface area contributed by atoms with Gasteiger partial charge in [0.05, 0.1) is 0 Å². The van der Waals surface area contributed by atoms with Crippen molar-refractivity contribution >= 4 is 11.8 Å². The highest BCUT2D eigenvalue weighted by Gasteiger charge is 2.32. The molecule has 0 saturated carbocycles. The largest absolute Gasteiger partial charge is 0.464 e. The fourth-order valence-electron chi connectivity index (χ4n) is 3.46. The molecular formula is C24H23N3O4. The van der Waals surface area contributed by atoms with E-state index in [4.69, 9.17) is 9.47 Å². The zero-order valence-electron chi connectivity index (χ0n) is 17.1. The van der Waals surface area contributed by atoms with E-state index >= 15 is 0 Å². The zero-order valence-corrected chi connectivity index (χ0v) is 17.1. The van der Waals surface area contributed by atoms with Crippen LogP contribution in [0.5, 0.6) is 17.4 Å². The Hall–Kier alpha value is -3.87. The predicted molar refractivity (Wildman–Crippen MR) is 116 cm³/mol. The molecule has 7 nitrogen and oxygen atoms in total. The van der Waals surface area contributed by atoms with Crippen LogP contribution < -0.4 is 20.1 Å². The van der Waals surface area contributed by atoms with Crippen LogP contribution in [0, 0.1) is 0 Å². The third-order valence-electron chi connectivity index (χ3n) is 4.90. The van der Waals surface area contributed by atoms with Crippen molar-refractivity contribution in [1.82, 2.24) is 15.6 Å². The van der Waals surface area contributed by atoms with E-state index in [1.165, 1.54) is 6.92 Å². The van der Waals surface area contributed by atoms with Gasteiger partial charge in [-0.15, -0.1) is 0 Å². The topological polar surface area (TPSA) is 89.6 Å². The first-order chi connectivity index (χ1) is 15.1. The second-order valence-electron chi connectivity index (χ2n) is 7.14. The number of fused-ring (bicyclic) bond motifs is 1. The van der Waals surface area contributed by atoms with Crippen LogP contribution in [0.4, 0.5) is 0 Å². The molecule has 158 valence electrons. The van der Waals surface area contributed by atoms with Crippen molar-refractivity contribution < 1.29 is 19.1 Å². The van der Waals surface area contributed by atoms with Gasteiger partial charge in [0.15, 0.2) is 6.10 Å². The highest BCUT2D eigenvalue weighted by molar-refractivity contribution is 5.84. The SMILES string of the molecule is CC(=O)NCCNC(=O)C1Cc2c(-c3ccccc3Oc3ccccc3)ccnc2O1. The van der Waals surface area contributed by atoms with Gasteiger partial charge in [-0.1, -0.05) is 36.4 Å². The number of carbonyl (C=O) groups excluding carboxylic acids is 2. The molecule has 1 aromatic heterocycles. The van der Waals surface area contributed by atoms with E-state index in [2.05, 4.69) is 15.6 Å². The normalized spacial score (nSPS) is 14.3. The van der Waals surface area contributed by atoms with Gasteiger partial charge in [0.2, 0.25) is 11.8 Å². The number of amides is 2. The molecule has 0 saturated heterocycles. The van der Waals surface area contributed by atoms with Gasteiger partial charge in [0, 0.05) is 43.8 Å². The van der Waals surface area contributed by atoms with Crippen molar-refractivity contribution in [1.29, 1.82) is 0 Å². The molecule has 0 radical (unpaired) electrons. The lowest BCUT2D eigenvalue weighted by Gasteiger charge is -2.13. The van der Waals surface area contributed by atoms with E-state index in [9.17, 15) is 9.59 Å². The Morgan fingerprint density at radius 1 is 1.00 bits per heavy atom. The number of hydrogen-bond acceptors (Lipinski definition) is 5. The maximum atomic E-state index is 12.5. The average molecular weight is 417 g/mol. The molecule has 3 aromatic rings. The minimum absolute atomic E-state index is 0.135. The van der Waals surface area contributed by atoms with E-state index in [1.54, 1.807) is 6.20 Å². The number of nitrogens with one attached hydrogen (secondary N) is 2. The molecule has 0 spiro atoms. The maximum absolute atomic E-state index is 12.5. The second-order valence-corrected chi connectivity index (χ2v) is 7.14. The molecule has 1 aliphatic heterocycles. The number of para-hydroxylation sites is 2. The van der Waals surface area contributed by atoms with Crippen LogP contribution in [0.2, 0.25) is 0 Å². The van der Waals surface area contributed by atoms with Crippen molar-refractivity contribution in [2.24, 2.45) is 0 Å². The Bertz CT molecular complexity index is 1090.